The smallest absolute Gasteiger partial charge is 0.0380 e. The van der Waals surface area contributed by atoms with Crippen LogP contribution >= 0.6 is 0 Å². The molecule has 4 aliphatic heterocycles. The van der Waals surface area contributed by atoms with E-state index in [1.165, 1.54) is 41.1 Å². The molecule has 0 fully saturated rings. The Hall–Kier alpha value is -10.7. The molecule has 0 spiro atoms. The first-order valence-corrected chi connectivity index (χ1v) is 31.5. The van der Waals surface area contributed by atoms with Gasteiger partial charge in [-0.1, -0.05) is 84.9 Å². The van der Waals surface area contributed by atoms with Crippen LogP contribution in [0, 0.1) is 0 Å². The van der Waals surface area contributed by atoms with E-state index in [0.29, 0.717) is 0 Å². The van der Waals surface area contributed by atoms with Gasteiger partial charge in [-0.25, -0.2) is 0 Å². The van der Waals surface area contributed by atoms with Crippen molar-refractivity contribution in [1.29, 1.82) is 0 Å². The van der Waals surface area contributed by atoms with Crippen molar-refractivity contribution in [3.8, 4) is 11.5 Å². The Labute approximate surface area is 512 Å². The third kappa shape index (κ3) is 7.83. The van der Waals surface area contributed by atoms with Crippen LogP contribution in [0.1, 0.15) is 0 Å². The molecule has 4 aliphatic rings. The Balaban J connectivity index is 0.940. The second-order valence-corrected chi connectivity index (χ2v) is 25.1. The van der Waals surface area contributed by atoms with Crippen molar-refractivity contribution in [2.24, 2.45) is 0 Å². The SMILES string of the molecule is c1ccc(N(c2ccccc2)c2cc3c4c(c2)N(c2ccccc2)c2ccccc2B4c2cc4c(cc2O3)N(c2ccc3[se]c5ccccc5c3c2)c2cc(N(c3ccccc3)c3ccccc3)cc3c2B4c2ccccc2N3c2ccccc2)cc1. The molecule has 1 aromatic heterocycles. The second kappa shape index (κ2) is 20.0. The van der Waals surface area contributed by atoms with Crippen molar-refractivity contribution in [1.82, 2.24) is 0 Å². The number of hydrogen-bond acceptors (Lipinski definition) is 6. The number of para-hydroxylation sites is 8. The third-order valence-corrected chi connectivity index (χ3v) is 20.4. The van der Waals surface area contributed by atoms with Gasteiger partial charge in [-0.3, -0.25) is 0 Å². The van der Waals surface area contributed by atoms with E-state index < -0.39 is 0 Å². The van der Waals surface area contributed by atoms with Gasteiger partial charge in [-0.05, 0) is 48.5 Å². The van der Waals surface area contributed by atoms with E-state index in [-0.39, 0.29) is 27.9 Å². The van der Waals surface area contributed by atoms with Crippen molar-refractivity contribution < 1.29 is 4.74 Å². The maximum absolute atomic E-state index is 7.78. The summed E-state index contributed by atoms with van der Waals surface area (Å²) >= 11 is 0.196. The minimum absolute atomic E-state index is 0.162. The van der Waals surface area contributed by atoms with Crippen LogP contribution in [0.5, 0.6) is 11.5 Å². The molecule has 0 aliphatic carbocycles. The molecule has 9 heteroatoms. The van der Waals surface area contributed by atoms with E-state index in [9.17, 15) is 0 Å². The Morgan fingerprint density at radius 2 is 0.690 bits per heavy atom. The van der Waals surface area contributed by atoms with Crippen LogP contribution in [-0.4, -0.2) is 27.9 Å². The molecular formula is C78H51B2N5OSe. The van der Waals surface area contributed by atoms with E-state index >= 15 is 0 Å². The molecule has 0 bridgehead atoms. The molecule has 0 unspecified atom stereocenters. The maximum atomic E-state index is 7.78. The summed E-state index contributed by atoms with van der Waals surface area (Å²) in [7, 11) is 0. The Morgan fingerprint density at radius 3 is 1.23 bits per heavy atom. The third-order valence-electron chi connectivity index (χ3n) is 18.0. The predicted octanol–water partition coefficient (Wildman–Crippen LogP) is 16.5. The summed E-state index contributed by atoms with van der Waals surface area (Å²) in [6.07, 6.45) is 0. The Kier molecular flexibility index (Phi) is 11.4. The van der Waals surface area contributed by atoms with Crippen LogP contribution in [-0.2, 0) is 0 Å². The minimum atomic E-state index is -0.170. The number of hydrogen-bond donors (Lipinski definition) is 0. The van der Waals surface area contributed by atoms with E-state index in [2.05, 4.69) is 334 Å². The van der Waals surface area contributed by atoms with Crippen molar-refractivity contribution >= 4 is 165 Å². The molecule has 87 heavy (non-hydrogen) atoms. The maximum Gasteiger partial charge on any atom is -0.0380 e. The van der Waals surface area contributed by atoms with Crippen molar-refractivity contribution in [2.75, 3.05) is 24.5 Å². The van der Waals surface area contributed by atoms with Gasteiger partial charge in [0.1, 0.15) is 0 Å². The molecule has 13 aromatic carbocycles. The molecule has 0 saturated heterocycles. The fourth-order valence-corrected chi connectivity index (χ4v) is 16.7. The molecule has 18 rings (SSSR count). The predicted molar refractivity (Wildman–Crippen MR) is 368 cm³/mol. The van der Waals surface area contributed by atoms with Gasteiger partial charge in [0.25, 0.3) is 0 Å². The molecule has 5 heterocycles. The quantitative estimate of drug-likeness (QED) is 0.134. The minimum Gasteiger partial charge on any atom is -0.0602 e. The zero-order chi connectivity index (χ0) is 57.1. The number of fused-ring (bicyclic) bond motifs is 11. The first kappa shape index (κ1) is 49.7. The normalized spacial score (nSPS) is 13.0. The van der Waals surface area contributed by atoms with E-state index in [1.807, 2.05) is 0 Å². The molecule has 0 atom stereocenters. The van der Waals surface area contributed by atoms with Crippen molar-refractivity contribution in [3.63, 3.8) is 0 Å². The van der Waals surface area contributed by atoms with Crippen LogP contribution in [0.15, 0.2) is 309 Å². The summed E-state index contributed by atoms with van der Waals surface area (Å²) < 4.78 is 10.6. The summed E-state index contributed by atoms with van der Waals surface area (Å²) in [6, 6.07) is 114. The molecule has 0 radical (unpaired) electrons. The molecule has 6 nitrogen and oxygen atoms in total. The zero-order valence-electron chi connectivity index (χ0n) is 47.2. The summed E-state index contributed by atoms with van der Waals surface area (Å²) in [4.78, 5) is 12.3. The van der Waals surface area contributed by atoms with E-state index in [1.54, 1.807) is 0 Å². The number of benzene rings is 13. The van der Waals surface area contributed by atoms with Gasteiger partial charge < -0.3 is 9.80 Å². The summed E-state index contributed by atoms with van der Waals surface area (Å²) in [6.45, 7) is -0.332. The topological polar surface area (TPSA) is 25.4 Å². The number of rotatable bonds is 9. The Bertz CT molecular complexity index is 4940. The van der Waals surface area contributed by atoms with Gasteiger partial charge in [-0.2, -0.15) is 0 Å². The molecule has 0 N–H and O–H groups in total. The van der Waals surface area contributed by atoms with E-state index in [0.717, 1.165) is 108 Å². The van der Waals surface area contributed by atoms with Crippen molar-refractivity contribution in [3.05, 3.63) is 309 Å². The molecule has 0 amide bonds. The van der Waals surface area contributed by atoms with Crippen LogP contribution in [0.25, 0.3) is 19.3 Å². The molecule has 0 saturated carbocycles. The van der Waals surface area contributed by atoms with Crippen LogP contribution < -0.4 is 62.0 Å². The average Bonchev–Trinajstić information content (AvgIpc) is 1.04. The van der Waals surface area contributed by atoms with Gasteiger partial charge in [-0.15, -0.1) is 0 Å². The van der Waals surface area contributed by atoms with Crippen LogP contribution in [0.4, 0.5) is 85.3 Å². The van der Waals surface area contributed by atoms with Crippen LogP contribution in [0.3, 0.4) is 0 Å². The van der Waals surface area contributed by atoms with Gasteiger partial charge in [0, 0.05) is 17.1 Å². The Morgan fingerprint density at radius 1 is 0.264 bits per heavy atom. The van der Waals surface area contributed by atoms with Gasteiger partial charge in [0.05, 0.1) is 0 Å². The van der Waals surface area contributed by atoms with Gasteiger partial charge >= 0.3 is 355 Å². The summed E-state index contributed by atoms with van der Waals surface area (Å²) in [5.41, 5.74) is 23.6. The van der Waals surface area contributed by atoms with Crippen molar-refractivity contribution in [2.45, 2.75) is 0 Å². The largest absolute Gasteiger partial charge is 0.0602 e. The van der Waals surface area contributed by atoms with Gasteiger partial charge in [0.15, 0.2) is 0 Å². The molecular weight excluding hydrogens is 1120 g/mol. The van der Waals surface area contributed by atoms with E-state index in [4.69, 9.17) is 4.74 Å². The fraction of sp³-hybridized carbons (Fsp3) is 0. The second-order valence-electron chi connectivity index (χ2n) is 22.8. The fourth-order valence-electron chi connectivity index (χ4n) is 14.4. The first-order valence-electron chi connectivity index (χ1n) is 29.8. The average molecular weight is 1170 g/mol. The monoisotopic (exact) mass is 1180 g/mol. The van der Waals surface area contributed by atoms with Gasteiger partial charge in [0.2, 0.25) is 0 Å². The molecule has 14 aromatic rings. The summed E-state index contributed by atoms with van der Waals surface area (Å²) in [5, 5.41) is 2.62. The van der Waals surface area contributed by atoms with Crippen LogP contribution in [0.2, 0.25) is 0 Å². The molecule has 406 valence electrons. The number of nitrogens with zero attached hydrogens (tertiary/aromatic N) is 5. The number of anilines is 15. The zero-order valence-corrected chi connectivity index (χ0v) is 48.9. The first-order chi connectivity index (χ1) is 43.2. The summed E-state index contributed by atoms with van der Waals surface area (Å²) in [5.74, 6) is 1.67. The standard InChI is InChI=1S/C78H51B2N5OSe/c1-7-25-52(26-8-1)81(53-27-9-2-10-28-53)59-46-70-77-71(47-59)85(58-43-44-76-62(45-58)61-37-19-24-42-75(61)87-76)69-51-73-66(50-65(69)79(77)63-38-20-22-40-67(63)83(70)56-33-15-5-16-34-56)80-64-39-21-23-41-68(64)84(57-35-17-6-18-36-57)72-48-60(49-74(86-73)78(72)80)82(54-29-11-3-12-30-54)55-31-13-4-14-32-55/h1-51H. The number of ether oxygens (including phenoxy) is 1.